The zero-order valence-electron chi connectivity index (χ0n) is 17.8. The van der Waals surface area contributed by atoms with Crippen LogP contribution in [0.25, 0.3) is 5.57 Å². The van der Waals surface area contributed by atoms with Crippen molar-refractivity contribution < 1.29 is 22.7 Å². The van der Waals surface area contributed by atoms with Crippen LogP contribution in [-0.4, -0.2) is 36.2 Å². The molecule has 0 unspecified atom stereocenters. The summed E-state index contributed by atoms with van der Waals surface area (Å²) >= 11 is 0. The van der Waals surface area contributed by atoms with E-state index in [1.54, 1.807) is 6.92 Å². The summed E-state index contributed by atoms with van der Waals surface area (Å²) in [4.78, 5) is 25.0. The van der Waals surface area contributed by atoms with Crippen molar-refractivity contribution in [3.63, 3.8) is 0 Å². The van der Waals surface area contributed by atoms with Crippen molar-refractivity contribution in [1.82, 2.24) is 9.78 Å². The van der Waals surface area contributed by atoms with Crippen LogP contribution < -0.4 is 4.74 Å². The van der Waals surface area contributed by atoms with E-state index in [1.807, 2.05) is 27.7 Å². The molecule has 1 aromatic carbocycles. The molecular weight excluding hydrogens is 392 g/mol. The van der Waals surface area contributed by atoms with E-state index in [-0.39, 0.29) is 22.1 Å². The number of nitrogens with zero attached hydrogens (tertiary/aromatic N) is 2. The molecule has 0 aliphatic carbocycles. The van der Waals surface area contributed by atoms with Crippen LogP contribution in [0.15, 0.2) is 28.8 Å². The predicted octanol–water partition coefficient (Wildman–Crippen LogP) is 3.58. The summed E-state index contributed by atoms with van der Waals surface area (Å²) in [5, 5.41) is 4.12. The van der Waals surface area contributed by atoms with Crippen molar-refractivity contribution in [2.45, 2.75) is 53.0 Å². The molecule has 0 amide bonds. The number of carbonyl (C=O) groups excluding carboxylic acids is 2. The van der Waals surface area contributed by atoms with E-state index >= 15 is 0 Å². The molecule has 156 valence electrons. The van der Waals surface area contributed by atoms with Gasteiger partial charge in [0.25, 0.3) is 0 Å². The summed E-state index contributed by atoms with van der Waals surface area (Å²) in [6, 6.07) is 2.95. The van der Waals surface area contributed by atoms with E-state index in [4.69, 9.17) is 4.74 Å². The first-order valence-corrected chi connectivity index (χ1v) is 11.1. The van der Waals surface area contributed by atoms with Gasteiger partial charge in [0.15, 0.2) is 15.6 Å². The van der Waals surface area contributed by atoms with Gasteiger partial charge in [0.1, 0.15) is 5.56 Å². The van der Waals surface area contributed by atoms with Crippen LogP contribution in [0.2, 0.25) is 0 Å². The molecule has 1 aromatic heterocycles. The molecule has 0 atom stereocenters. The van der Waals surface area contributed by atoms with Crippen molar-refractivity contribution in [3.8, 4) is 5.88 Å². The van der Waals surface area contributed by atoms with Crippen LogP contribution in [0.1, 0.15) is 61.7 Å². The Morgan fingerprint density at radius 1 is 1.10 bits per heavy atom. The van der Waals surface area contributed by atoms with Gasteiger partial charge in [-0.05, 0) is 63.5 Å². The van der Waals surface area contributed by atoms with Gasteiger partial charge in [0, 0.05) is 25.3 Å². The van der Waals surface area contributed by atoms with Crippen molar-refractivity contribution >= 4 is 27.2 Å². The highest BCUT2D eigenvalue weighted by Crippen LogP contribution is 2.33. The van der Waals surface area contributed by atoms with Crippen LogP contribution in [0.3, 0.4) is 0 Å². The molecule has 7 nitrogen and oxygen atoms in total. The lowest BCUT2D eigenvalue weighted by atomic mass is 9.91. The van der Waals surface area contributed by atoms with E-state index in [9.17, 15) is 18.0 Å². The molecule has 0 N–H and O–H groups in total. The van der Waals surface area contributed by atoms with Gasteiger partial charge >= 0.3 is 5.97 Å². The lowest BCUT2D eigenvalue weighted by Gasteiger charge is -2.17. The highest BCUT2D eigenvalue weighted by atomic mass is 32.2. The molecule has 0 saturated carbocycles. The molecule has 0 saturated heterocycles. The van der Waals surface area contributed by atoms with Crippen molar-refractivity contribution in [2.24, 2.45) is 0 Å². The predicted molar refractivity (Wildman–Crippen MR) is 111 cm³/mol. The zero-order chi connectivity index (χ0) is 22.1. The number of esters is 1. The maximum atomic E-state index is 13.3. The second-order valence-electron chi connectivity index (χ2n) is 7.11. The number of ether oxygens (including phenoxy) is 1. The van der Waals surface area contributed by atoms with E-state index < -0.39 is 15.8 Å². The number of sulfone groups is 1. The average Bonchev–Trinajstić information content (AvgIpc) is 3.01. The fraction of sp³-hybridized carbons (Fsp3) is 0.381. The Bertz CT molecular complexity index is 1120. The van der Waals surface area contributed by atoms with E-state index in [0.29, 0.717) is 23.2 Å². The van der Waals surface area contributed by atoms with E-state index in [0.717, 1.165) is 17.4 Å². The number of aromatic nitrogens is 2. The number of allylic oxidation sites excluding steroid dienone is 2. The SMILES string of the molecule is CCn1ncc(C(=O)c2ccc(S(C)(=O)=O)c(C(C)=C(C)C)c2C)c1OC(C)=O. The smallest absolute Gasteiger partial charge is 0.309 e. The Hall–Kier alpha value is -2.74. The van der Waals surface area contributed by atoms with Crippen LogP contribution in [0, 0.1) is 6.92 Å². The van der Waals surface area contributed by atoms with E-state index in [2.05, 4.69) is 5.10 Å². The lowest BCUT2D eigenvalue weighted by molar-refractivity contribution is -0.132. The second kappa shape index (κ2) is 8.32. The summed E-state index contributed by atoms with van der Waals surface area (Å²) in [5.41, 5.74) is 3.30. The Kier molecular flexibility index (Phi) is 6.47. The van der Waals surface area contributed by atoms with Crippen LogP contribution in [0.4, 0.5) is 0 Å². The number of hydrogen-bond acceptors (Lipinski definition) is 6. The zero-order valence-corrected chi connectivity index (χ0v) is 18.6. The van der Waals surface area contributed by atoms with Crippen molar-refractivity contribution in [3.05, 3.63) is 46.2 Å². The lowest BCUT2D eigenvalue weighted by Crippen LogP contribution is -2.13. The standard InChI is InChI=1S/C21H26N2O5S/c1-8-23-21(28-15(6)24)17(11-22-23)20(25)16-9-10-18(29(7,26)27)19(14(16)5)13(4)12(2)3/h9-11H,8H2,1-7H3. The third-order valence-electron chi connectivity index (χ3n) is 4.77. The van der Waals surface area contributed by atoms with Gasteiger partial charge in [-0.15, -0.1) is 0 Å². The minimum Gasteiger partial charge on any atom is -0.407 e. The van der Waals surface area contributed by atoms with Crippen LogP contribution in [-0.2, 0) is 21.2 Å². The number of ketones is 1. The van der Waals surface area contributed by atoms with Gasteiger partial charge in [-0.3, -0.25) is 9.59 Å². The molecule has 0 aliphatic heterocycles. The Morgan fingerprint density at radius 3 is 2.21 bits per heavy atom. The molecular formula is C21H26N2O5S. The number of aryl methyl sites for hydroxylation is 1. The molecule has 0 radical (unpaired) electrons. The first-order valence-electron chi connectivity index (χ1n) is 9.17. The van der Waals surface area contributed by atoms with Gasteiger partial charge in [-0.1, -0.05) is 5.57 Å². The molecule has 0 aliphatic rings. The molecule has 2 rings (SSSR count). The molecule has 29 heavy (non-hydrogen) atoms. The maximum Gasteiger partial charge on any atom is 0.309 e. The summed E-state index contributed by atoms with van der Waals surface area (Å²) in [6.45, 7) is 10.8. The summed E-state index contributed by atoms with van der Waals surface area (Å²) in [6.07, 6.45) is 2.51. The quantitative estimate of drug-likeness (QED) is 0.526. The maximum absolute atomic E-state index is 13.3. The molecule has 0 fully saturated rings. The minimum atomic E-state index is -3.50. The van der Waals surface area contributed by atoms with Crippen molar-refractivity contribution in [2.75, 3.05) is 6.26 Å². The number of rotatable bonds is 6. The Labute approximate surface area is 171 Å². The van der Waals surface area contributed by atoms with Crippen molar-refractivity contribution in [1.29, 1.82) is 0 Å². The number of benzene rings is 1. The Morgan fingerprint density at radius 2 is 1.72 bits per heavy atom. The molecule has 2 aromatic rings. The Balaban J connectivity index is 2.76. The number of carbonyl (C=O) groups is 2. The van der Waals surface area contributed by atoms with Gasteiger partial charge in [-0.2, -0.15) is 5.10 Å². The third-order valence-corrected chi connectivity index (χ3v) is 5.91. The minimum absolute atomic E-state index is 0.0806. The highest BCUT2D eigenvalue weighted by Gasteiger charge is 2.26. The topological polar surface area (TPSA) is 95.3 Å². The second-order valence-corrected chi connectivity index (χ2v) is 9.09. The van der Waals surface area contributed by atoms with Gasteiger partial charge in [0.2, 0.25) is 5.88 Å². The van der Waals surface area contributed by atoms with Gasteiger partial charge in [0.05, 0.1) is 11.1 Å². The molecule has 0 bridgehead atoms. The van der Waals surface area contributed by atoms with E-state index in [1.165, 1.54) is 29.9 Å². The summed E-state index contributed by atoms with van der Waals surface area (Å²) < 4.78 is 31.3. The fourth-order valence-corrected chi connectivity index (χ4v) is 4.09. The first-order chi connectivity index (χ1) is 13.4. The molecule has 0 spiro atoms. The van der Waals surface area contributed by atoms with Crippen LogP contribution in [0.5, 0.6) is 5.88 Å². The molecule has 8 heteroatoms. The normalized spacial score (nSPS) is 11.3. The average molecular weight is 419 g/mol. The van der Waals surface area contributed by atoms with Gasteiger partial charge < -0.3 is 4.74 Å². The first kappa shape index (κ1) is 22.5. The van der Waals surface area contributed by atoms with Crippen LogP contribution >= 0.6 is 0 Å². The summed E-state index contributed by atoms with van der Waals surface area (Å²) in [5.74, 6) is -0.863. The largest absolute Gasteiger partial charge is 0.407 e. The number of hydrogen-bond donors (Lipinski definition) is 0. The molecule has 1 heterocycles. The highest BCUT2D eigenvalue weighted by molar-refractivity contribution is 7.90. The van der Waals surface area contributed by atoms with Gasteiger partial charge in [-0.25, -0.2) is 13.1 Å². The monoisotopic (exact) mass is 418 g/mol. The summed E-state index contributed by atoms with van der Waals surface area (Å²) in [7, 11) is -3.50. The fourth-order valence-electron chi connectivity index (χ4n) is 3.10. The third kappa shape index (κ3) is 4.48.